The summed E-state index contributed by atoms with van der Waals surface area (Å²) in [5, 5.41) is 2.61. The molecule has 0 bridgehead atoms. The van der Waals surface area contributed by atoms with Gasteiger partial charge < -0.3 is 16.0 Å². The van der Waals surface area contributed by atoms with Gasteiger partial charge in [0.2, 0.25) is 11.8 Å². The Kier molecular flexibility index (Phi) is 6.37. The molecule has 1 atom stereocenters. The van der Waals surface area contributed by atoms with Crippen molar-refractivity contribution >= 4 is 17.5 Å². The van der Waals surface area contributed by atoms with Gasteiger partial charge in [0, 0.05) is 12.2 Å². The van der Waals surface area contributed by atoms with Gasteiger partial charge in [-0.2, -0.15) is 0 Å². The third kappa shape index (κ3) is 4.86. The lowest BCUT2D eigenvalue weighted by molar-refractivity contribution is -0.126. The third-order valence-corrected chi connectivity index (χ3v) is 3.37. The number of amides is 2. The summed E-state index contributed by atoms with van der Waals surface area (Å²) in [7, 11) is 0. The fraction of sp³-hybridized carbons (Fsp3) is 0.500. The van der Waals surface area contributed by atoms with Crippen LogP contribution in [0.2, 0.25) is 0 Å². The standard InChI is InChI=1S/C16H25N3O2/c1-5-19(13-8-6-7-12(4)9-13)14(20)10-18-16(21)15(17)11(2)3/h6-9,11,15H,5,10,17H2,1-4H3,(H,18,21)/t15-/m0/s1. The Labute approximate surface area is 126 Å². The number of benzene rings is 1. The summed E-state index contributed by atoms with van der Waals surface area (Å²) in [6, 6.07) is 7.13. The minimum absolute atomic E-state index is 0.0406. The van der Waals surface area contributed by atoms with E-state index in [0.29, 0.717) is 6.54 Å². The molecule has 1 aromatic rings. The van der Waals surface area contributed by atoms with Crippen LogP contribution in [-0.2, 0) is 9.59 Å². The van der Waals surface area contributed by atoms with E-state index >= 15 is 0 Å². The SMILES string of the molecule is CCN(C(=O)CNC(=O)[C@@H](N)C(C)C)c1cccc(C)c1. The van der Waals surface area contributed by atoms with Crippen LogP contribution in [0.1, 0.15) is 26.3 Å². The topological polar surface area (TPSA) is 75.4 Å². The zero-order valence-corrected chi connectivity index (χ0v) is 13.2. The molecule has 21 heavy (non-hydrogen) atoms. The summed E-state index contributed by atoms with van der Waals surface area (Å²) in [5.74, 6) is -0.398. The van der Waals surface area contributed by atoms with E-state index in [2.05, 4.69) is 5.32 Å². The first-order chi connectivity index (χ1) is 9.86. The van der Waals surface area contributed by atoms with Gasteiger partial charge in [-0.05, 0) is 37.5 Å². The molecule has 0 aliphatic rings. The van der Waals surface area contributed by atoms with E-state index in [1.54, 1.807) is 4.90 Å². The fourth-order valence-electron chi connectivity index (χ4n) is 1.98. The summed E-state index contributed by atoms with van der Waals surface area (Å²) >= 11 is 0. The second kappa shape index (κ2) is 7.78. The molecule has 5 nitrogen and oxygen atoms in total. The number of aryl methyl sites for hydroxylation is 1. The number of likely N-dealkylation sites (N-methyl/N-ethyl adjacent to an activating group) is 1. The first-order valence-electron chi connectivity index (χ1n) is 7.27. The first-order valence-corrected chi connectivity index (χ1v) is 7.27. The highest BCUT2D eigenvalue weighted by molar-refractivity contribution is 5.97. The van der Waals surface area contributed by atoms with Gasteiger partial charge in [0.15, 0.2) is 0 Å². The van der Waals surface area contributed by atoms with Gasteiger partial charge in [-0.3, -0.25) is 9.59 Å². The van der Waals surface area contributed by atoms with Crippen molar-refractivity contribution in [3.8, 4) is 0 Å². The summed E-state index contributed by atoms with van der Waals surface area (Å²) < 4.78 is 0. The van der Waals surface area contributed by atoms with E-state index in [0.717, 1.165) is 11.3 Å². The Morgan fingerprint density at radius 2 is 2.00 bits per heavy atom. The highest BCUT2D eigenvalue weighted by Gasteiger charge is 2.19. The number of hydrogen-bond acceptors (Lipinski definition) is 3. The van der Waals surface area contributed by atoms with E-state index in [4.69, 9.17) is 5.73 Å². The van der Waals surface area contributed by atoms with Crippen LogP contribution in [-0.4, -0.2) is 30.9 Å². The lowest BCUT2D eigenvalue weighted by Gasteiger charge is -2.22. The van der Waals surface area contributed by atoms with Gasteiger partial charge in [-0.1, -0.05) is 26.0 Å². The van der Waals surface area contributed by atoms with Crippen molar-refractivity contribution in [2.75, 3.05) is 18.0 Å². The molecule has 3 N–H and O–H groups in total. The first kappa shape index (κ1) is 17.2. The number of nitrogens with zero attached hydrogens (tertiary/aromatic N) is 1. The molecule has 5 heteroatoms. The highest BCUT2D eigenvalue weighted by Crippen LogP contribution is 2.15. The van der Waals surface area contributed by atoms with Crippen LogP contribution in [0.5, 0.6) is 0 Å². The van der Waals surface area contributed by atoms with Gasteiger partial charge in [0.25, 0.3) is 0 Å². The Morgan fingerprint density at radius 3 is 2.52 bits per heavy atom. The molecule has 1 aromatic carbocycles. The zero-order valence-electron chi connectivity index (χ0n) is 13.2. The molecule has 0 aliphatic heterocycles. The Morgan fingerprint density at radius 1 is 1.33 bits per heavy atom. The van der Waals surface area contributed by atoms with Crippen LogP contribution in [0.3, 0.4) is 0 Å². The number of nitrogens with two attached hydrogens (primary N) is 1. The average Bonchev–Trinajstić information content (AvgIpc) is 2.44. The lowest BCUT2D eigenvalue weighted by Crippen LogP contribution is -2.48. The Hall–Kier alpha value is -1.88. The summed E-state index contributed by atoms with van der Waals surface area (Å²) in [6.45, 7) is 8.14. The smallest absolute Gasteiger partial charge is 0.246 e. The predicted molar refractivity (Wildman–Crippen MR) is 85.0 cm³/mol. The molecule has 0 saturated carbocycles. The van der Waals surface area contributed by atoms with Crippen LogP contribution >= 0.6 is 0 Å². The quantitative estimate of drug-likeness (QED) is 0.833. The molecule has 0 aliphatic carbocycles. The highest BCUT2D eigenvalue weighted by atomic mass is 16.2. The second-order valence-electron chi connectivity index (χ2n) is 5.46. The van der Waals surface area contributed by atoms with Gasteiger partial charge in [0.05, 0.1) is 12.6 Å². The Bertz CT molecular complexity index is 500. The number of anilines is 1. The molecule has 1 rings (SSSR count). The lowest BCUT2D eigenvalue weighted by atomic mass is 10.1. The molecule has 0 unspecified atom stereocenters. The fourth-order valence-corrected chi connectivity index (χ4v) is 1.98. The van der Waals surface area contributed by atoms with E-state index in [-0.39, 0.29) is 24.3 Å². The average molecular weight is 291 g/mol. The molecular formula is C16H25N3O2. The number of hydrogen-bond donors (Lipinski definition) is 2. The molecule has 0 aromatic heterocycles. The molecule has 2 amide bonds. The summed E-state index contributed by atoms with van der Waals surface area (Å²) in [6.07, 6.45) is 0. The predicted octanol–water partition coefficient (Wildman–Crippen LogP) is 1.45. The molecule has 0 fully saturated rings. The normalized spacial score (nSPS) is 12.1. The number of nitrogens with one attached hydrogen (secondary N) is 1. The third-order valence-electron chi connectivity index (χ3n) is 3.37. The van der Waals surface area contributed by atoms with Gasteiger partial charge in [-0.25, -0.2) is 0 Å². The minimum atomic E-state index is -0.591. The minimum Gasteiger partial charge on any atom is -0.346 e. The van der Waals surface area contributed by atoms with E-state index in [1.165, 1.54) is 0 Å². The van der Waals surface area contributed by atoms with Crippen molar-refractivity contribution in [1.82, 2.24) is 5.32 Å². The van der Waals surface area contributed by atoms with Crippen LogP contribution in [0, 0.1) is 12.8 Å². The molecule has 0 radical (unpaired) electrons. The number of carbonyl (C=O) groups excluding carboxylic acids is 2. The van der Waals surface area contributed by atoms with Crippen LogP contribution < -0.4 is 16.0 Å². The van der Waals surface area contributed by atoms with E-state index in [1.807, 2.05) is 52.0 Å². The summed E-state index contributed by atoms with van der Waals surface area (Å²) in [5.41, 5.74) is 7.67. The zero-order chi connectivity index (χ0) is 16.0. The molecule has 0 saturated heterocycles. The number of carbonyl (C=O) groups is 2. The second-order valence-corrected chi connectivity index (χ2v) is 5.46. The van der Waals surface area contributed by atoms with Crippen molar-refractivity contribution < 1.29 is 9.59 Å². The van der Waals surface area contributed by atoms with Crippen molar-refractivity contribution in [3.63, 3.8) is 0 Å². The van der Waals surface area contributed by atoms with Crippen molar-refractivity contribution in [1.29, 1.82) is 0 Å². The van der Waals surface area contributed by atoms with Gasteiger partial charge in [0.1, 0.15) is 0 Å². The van der Waals surface area contributed by atoms with Crippen LogP contribution in [0.4, 0.5) is 5.69 Å². The summed E-state index contributed by atoms with van der Waals surface area (Å²) in [4.78, 5) is 25.7. The molecular weight excluding hydrogens is 266 g/mol. The Balaban J connectivity index is 2.67. The number of rotatable bonds is 6. The maximum atomic E-state index is 12.3. The molecule has 116 valence electrons. The van der Waals surface area contributed by atoms with Crippen LogP contribution in [0.15, 0.2) is 24.3 Å². The molecule has 0 heterocycles. The van der Waals surface area contributed by atoms with Crippen LogP contribution in [0.25, 0.3) is 0 Å². The van der Waals surface area contributed by atoms with E-state index < -0.39 is 6.04 Å². The van der Waals surface area contributed by atoms with Crippen molar-refractivity contribution in [2.24, 2.45) is 11.7 Å². The van der Waals surface area contributed by atoms with Crippen molar-refractivity contribution in [2.45, 2.75) is 33.7 Å². The van der Waals surface area contributed by atoms with E-state index in [9.17, 15) is 9.59 Å². The monoisotopic (exact) mass is 291 g/mol. The maximum absolute atomic E-state index is 12.3. The maximum Gasteiger partial charge on any atom is 0.246 e. The largest absolute Gasteiger partial charge is 0.346 e. The van der Waals surface area contributed by atoms with Gasteiger partial charge >= 0.3 is 0 Å². The van der Waals surface area contributed by atoms with Crippen molar-refractivity contribution in [3.05, 3.63) is 29.8 Å². The van der Waals surface area contributed by atoms with Gasteiger partial charge in [-0.15, -0.1) is 0 Å². The molecule has 0 spiro atoms.